The van der Waals surface area contributed by atoms with Gasteiger partial charge in [-0.25, -0.2) is 4.68 Å². The first-order chi connectivity index (χ1) is 18.5. The summed E-state index contributed by atoms with van der Waals surface area (Å²) < 4.78 is 7.85. The highest BCUT2D eigenvalue weighted by Gasteiger charge is 2.35. The molecule has 1 aromatic heterocycles. The van der Waals surface area contributed by atoms with Crippen molar-refractivity contribution < 1.29 is 14.3 Å². The molecule has 1 saturated heterocycles. The van der Waals surface area contributed by atoms with Crippen LogP contribution in [0.4, 0.5) is 5.69 Å². The number of fused-ring (bicyclic) bond motifs is 1. The van der Waals surface area contributed by atoms with Crippen molar-refractivity contribution in [2.24, 2.45) is 5.73 Å². The van der Waals surface area contributed by atoms with Crippen LogP contribution in [-0.2, 0) is 4.79 Å². The molecule has 3 N–H and O–H groups in total. The molecular formula is C29H32N6O3. The van der Waals surface area contributed by atoms with E-state index in [-0.39, 0.29) is 11.9 Å². The molecular weight excluding hydrogens is 480 g/mol. The number of amides is 2. The van der Waals surface area contributed by atoms with Crippen LogP contribution in [0.5, 0.6) is 11.5 Å². The molecule has 0 spiro atoms. The second-order valence-corrected chi connectivity index (χ2v) is 10.1. The number of carbonyl (C=O) groups excluding carboxylic acids is 2. The van der Waals surface area contributed by atoms with Crippen LogP contribution >= 0.6 is 0 Å². The van der Waals surface area contributed by atoms with Gasteiger partial charge in [-0.3, -0.25) is 14.5 Å². The fourth-order valence-corrected chi connectivity index (χ4v) is 5.55. The molecule has 1 saturated carbocycles. The molecule has 2 fully saturated rings. The summed E-state index contributed by atoms with van der Waals surface area (Å²) in [5, 5.41) is 8.26. The maximum absolute atomic E-state index is 12.6. The number of anilines is 1. The van der Waals surface area contributed by atoms with E-state index in [0.717, 1.165) is 42.4 Å². The smallest absolute Gasteiger partial charge is 0.269 e. The number of benzene rings is 2. The lowest BCUT2D eigenvalue weighted by molar-refractivity contribution is -0.128. The average molecular weight is 513 g/mol. The summed E-state index contributed by atoms with van der Waals surface area (Å²) in [4.78, 5) is 28.8. The topological polar surface area (TPSA) is 106 Å². The highest BCUT2D eigenvalue weighted by atomic mass is 16.5. The van der Waals surface area contributed by atoms with Gasteiger partial charge in [-0.05, 0) is 67.2 Å². The third kappa shape index (κ3) is 4.54. The maximum Gasteiger partial charge on any atom is 0.269 e. The van der Waals surface area contributed by atoms with E-state index in [1.807, 2.05) is 41.3 Å². The highest BCUT2D eigenvalue weighted by molar-refractivity contribution is 5.98. The molecule has 6 rings (SSSR count). The van der Waals surface area contributed by atoms with Crippen molar-refractivity contribution >= 4 is 17.5 Å². The minimum absolute atomic E-state index is 0.0353. The van der Waals surface area contributed by atoms with Crippen LogP contribution < -0.4 is 15.8 Å². The lowest BCUT2D eigenvalue weighted by Crippen LogP contribution is -2.50. The molecule has 3 aliphatic rings. The van der Waals surface area contributed by atoms with E-state index in [2.05, 4.69) is 28.9 Å². The van der Waals surface area contributed by atoms with Crippen LogP contribution in [0, 0.1) is 0 Å². The highest BCUT2D eigenvalue weighted by Crippen LogP contribution is 2.45. The lowest BCUT2D eigenvalue weighted by atomic mass is 10.0. The number of primary amides is 1. The second-order valence-electron chi connectivity index (χ2n) is 10.1. The summed E-state index contributed by atoms with van der Waals surface area (Å²) >= 11 is 0. The minimum atomic E-state index is -0.535. The molecule has 1 aliphatic carbocycles. The van der Waals surface area contributed by atoms with Crippen LogP contribution in [0.2, 0.25) is 0 Å². The summed E-state index contributed by atoms with van der Waals surface area (Å²) in [6.07, 6.45) is 4.62. The van der Waals surface area contributed by atoms with Crippen LogP contribution in [0.1, 0.15) is 53.0 Å². The molecule has 9 nitrogen and oxygen atoms in total. The molecule has 0 radical (unpaired) electrons. The van der Waals surface area contributed by atoms with Crippen molar-refractivity contribution in [2.45, 2.75) is 31.2 Å². The van der Waals surface area contributed by atoms with E-state index in [0.29, 0.717) is 36.9 Å². The predicted molar refractivity (Wildman–Crippen MR) is 145 cm³/mol. The third-order valence-electron chi connectivity index (χ3n) is 7.67. The van der Waals surface area contributed by atoms with Crippen molar-refractivity contribution in [3.05, 3.63) is 78.1 Å². The Balaban J connectivity index is 1.26. The van der Waals surface area contributed by atoms with E-state index in [4.69, 9.17) is 15.6 Å². The first-order valence-corrected chi connectivity index (χ1v) is 13.2. The number of rotatable bonds is 7. The summed E-state index contributed by atoms with van der Waals surface area (Å²) in [5.41, 5.74) is 9.70. The fourth-order valence-electron chi connectivity index (χ4n) is 5.55. The van der Waals surface area contributed by atoms with Gasteiger partial charge in [-0.15, -0.1) is 0 Å². The number of hydrogen-bond acceptors (Lipinski definition) is 6. The van der Waals surface area contributed by atoms with Crippen molar-refractivity contribution in [3.63, 3.8) is 0 Å². The Morgan fingerprint density at radius 1 is 1.03 bits per heavy atom. The summed E-state index contributed by atoms with van der Waals surface area (Å²) in [7, 11) is 0. The van der Waals surface area contributed by atoms with Gasteiger partial charge in [0.15, 0.2) is 5.69 Å². The molecule has 1 atom stereocenters. The third-order valence-corrected chi connectivity index (χ3v) is 7.67. The van der Waals surface area contributed by atoms with E-state index >= 15 is 0 Å². The average Bonchev–Trinajstić information content (AvgIpc) is 3.72. The molecule has 2 aliphatic heterocycles. The molecule has 2 aromatic carbocycles. The van der Waals surface area contributed by atoms with Gasteiger partial charge in [0, 0.05) is 32.7 Å². The van der Waals surface area contributed by atoms with Crippen LogP contribution in [0.3, 0.4) is 0 Å². The van der Waals surface area contributed by atoms with E-state index in [1.54, 1.807) is 4.68 Å². The van der Waals surface area contributed by atoms with Crippen LogP contribution in [0.25, 0.3) is 5.69 Å². The van der Waals surface area contributed by atoms with E-state index < -0.39 is 5.91 Å². The summed E-state index contributed by atoms with van der Waals surface area (Å²) in [5.74, 6) is 1.62. The molecule has 3 aromatic rings. The second kappa shape index (κ2) is 9.98. The van der Waals surface area contributed by atoms with Gasteiger partial charge in [0.05, 0.1) is 17.4 Å². The number of nitrogens with one attached hydrogen (secondary N) is 1. The Labute approximate surface area is 221 Å². The van der Waals surface area contributed by atoms with Gasteiger partial charge in [0.25, 0.3) is 5.91 Å². The first-order valence-electron chi connectivity index (χ1n) is 13.2. The number of aromatic nitrogens is 2. The number of carbonyl (C=O) groups is 2. The Kier molecular flexibility index (Phi) is 6.37. The Morgan fingerprint density at radius 2 is 1.76 bits per heavy atom. The van der Waals surface area contributed by atoms with Crippen LogP contribution in [0.15, 0.2) is 61.2 Å². The van der Waals surface area contributed by atoms with Gasteiger partial charge in [0.1, 0.15) is 17.2 Å². The SMILES string of the molecule is C=CC(=O)N1CCN([C@@H]2CCNc3c2nn(-c2ccc(Oc4ccccc4C4CC4)cc2)c3C(N)=O)CC1. The molecule has 0 unspecified atom stereocenters. The number of para-hydroxylation sites is 1. The lowest BCUT2D eigenvalue weighted by Gasteiger charge is -2.40. The quantitative estimate of drug-likeness (QED) is 0.466. The molecule has 2 amide bonds. The number of nitrogens with two attached hydrogens (primary N) is 1. The fraction of sp³-hybridized carbons (Fsp3) is 0.345. The van der Waals surface area contributed by atoms with Crippen molar-refractivity contribution in [1.29, 1.82) is 0 Å². The molecule has 3 heterocycles. The molecule has 196 valence electrons. The number of hydrogen-bond donors (Lipinski definition) is 2. The Bertz CT molecular complexity index is 1370. The van der Waals surface area contributed by atoms with Crippen molar-refractivity contribution in [3.8, 4) is 17.2 Å². The molecule has 0 bridgehead atoms. The zero-order valence-electron chi connectivity index (χ0n) is 21.3. The van der Waals surface area contributed by atoms with Gasteiger partial charge in [-0.2, -0.15) is 5.10 Å². The van der Waals surface area contributed by atoms with E-state index in [9.17, 15) is 9.59 Å². The van der Waals surface area contributed by atoms with Gasteiger partial charge in [-0.1, -0.05) is 24.8 Å². The minimum Gasteiger partial charge on any atom is -0.457 e. The summed E-state index contributed by atoms with van der Waals surface area (Å²) in [6.45, 7) is 7.05. The zero-order chi connectivity index (χ0) is 26.2. The first kappa shape index (κ1) is 24.2. The van der Waals surface area contributed by atoms with Gasteiger partial charge < -0.3 is 20.7 Å². The van der Waals surface area contributed by atoms with E-state index in [1.165, 1.54) is 24.5 Å². The number of nitrogens with zero attached hydrogens (tertiary/aromatic N) is 4. The maximum atomic E-state index is 12.6. The van der Waals surface area contributed by atoms with Crippen LogP contribution in [-0.4, -0.2) is 64.1 Å². The monoisotopic (exact) mass is 512 g/mol. The standard InChI is InChI=1S/C29H32N6O3/c1-2-25(36)34-17-15-33(16-18-34)23-13-14-31-27-26(23)32-35(28(27)29(30)37)20-9-11-21(12-10-20)38-24-6-4-3-5-22(24)19-7-8-19/h2-6,9-12,19,23,31H,1,7-8,13-18H2,(H2,30,37)/t23-/m1/s1. The van der Waals surface area contributed by atoms with Crippen molar-refractivity contribution in [1.82, 2.24) is 19.6 Å². The Morgan fingerprint density at radius 3 is 2.45 bits per heavy atom. The predicted octanol–water partition coefficient (Wildman–Crippen LogP) is 3.83. The van der Waals surface area contributed by atoms with Gasteiger partial charge >= 0.3 is 0 Å². The zero-order valence-corrected chi connectivity index (χ0v) is 21.3. The van der Waals surface area contributed by atoms with Gasteiger partial charge in [0.2, 0.25) is 5.91 Å². The molecule has 38 heavy (non-hydrogen) atoms. The summed E-state index contributed by atoms with van der Waals surface area (Å²) in [6, 6.07) is 15.8. The normalized spacial score (nSPS) is 19.4. The van der Waals surface area contributed by atoms with Crippen molar-refractivity contribution in [2.75, 3.05) is 38.0 Å². The number of ether oxygens (including phenoxy) is 1. The Hall–Kier alpha value is -4.11. The molecule has 9 heteroatoms. The number of piperazine rings is 1. The largest absolute Gasteiger partial charge is 0.457 e.